The molecular formula is C25H24ClF2N5O. The van der Waals surface area contributed by atoms with Crippen molar-refractivity contribution in [1.29, 1.82) is 0 Å². The van der Waals surface area contributed by atoms with E-state index < -0.39 is 17.5 Å². The van der Waals surface area contributed by atoms with E-state index in [2.05, 4.69) is 25.7 Å². The average molecular weight is 484 g/mol. The van der Waals surface area contributed by atoms with E-state index in [4.69, 9.17) is 11.6 Å². The van der Waals surface area contributed by atoms with Gasteiger partial charge in [0.05, 0.1) is 11.9 Å². The normalized spacial score (nSPS) is 14.9. The lowest BCUT2D eigenvalue weighted by Crippen LogP contribution is -2.34. The SMILES string of the molecule is O=C(NN=CC1CCN(Cc2ccccc2Cl)CC1)c1ccc(Nc2cc(F)cc(F)c2)cn1. The second-order valence-corrected chi connectivity index (χ2v) is 8.55. The van der Waals surface area contributed by atoms with Crippen molar-refractivity contribution in [3.8, 4) is 0 Å². The van der Waals surface area contributed by atoms with Gasteiger partial charge in [-0.3, -0.25) is 9.69 Å². The highest BCUT2D eigenvalue weighted by Crippen LogP contribution is 2.22. The predicted molar refractivity (Wildman–Crippen MR) is 129 cm³/mol. The molecule has 1 aliphatic rings. The third-order valence-electron chi connectivity index (χ3n) is 5.58. The summed E-state index contributed by atoms with van der Waals surface area (Å²) >= 11 is 6.25. The average Bonchev–Trinajstić information content (AvgIpc) is 2.81. The number of hydrazone groups is 1. The van der Waals surface area contributed by atoms with Gasteiger partial charge in [0.25, 0.3) is 5.91 Å². The largest absolute Gasteiger partial charge is 0.354 e. The zero-order valence-electron chi connectivity index (χ0n) is 18.3. The predicted octanol–water partition coefficient (Wildman–Crippen LogP) is 5.38. The zero-order valence-corrected chi connectivity index (χ0v) is 19.1. The van der Waals surface area contributed by atoms with Crippen molar-refractivity contribution < 1.29 is 13.6 Å². The number of rotatable bonds is 7. The summed E-state index contributed by atoms with van der Waals surface area (Å²) in [6, 6.07) is 14.1. The Hall–Kier alpha value is -3.36. The van der Waals surface area contributed by atoms with Gasteiger partial charge in [-0.15, -0.1) is 0 Å². The van der Waals surface area contributed by atoms with Gasteiger partial charge in [-0.2, -0.15) is 5.10 Å². The molecule has 176 valence electrons. The Morgan fingerprint density at radius 2 is 1.82 bits per heavy atom. The number of aromatic nitrogens is 1. The molecule has 0 radical (unpaired) electrons. The number of likely N-dealkylation sites (tertiary alicyclic amines) is 1. The van der Waals surface area contributed by atoms with Gasteiger partial charge in [-0.05, 0) is 67.7 Å². The zero-order chi connectivity index (χ0) is 23.9. The number of carbonyl (C=O) groups excluding carboxylic acids is 1. The van der Waals surface area contributed by atoms with Gasteiger partial charge in [0, 0.05) is 29.5 Å². The van der Waals surface area contributed by atoms with E-state index in [1.165, 1.54) is 24.4 Å². The molecule has 1 aromatic heterocycles. The molecule has 0 saturated carbocycles. The van der Waals surface area contributed by atoms with Crippen LogP contribution in [0, 0.1) is 17.6 Å². The smallest absolute Gasteiger partial charge is 0.289 e. The van der Waals surface area contributed by atoms with Gasteiger partial charge < -0.3 is 5.32 Å². The molecule has 0 bridgehead atoms. The number of amides is 1. The minimum atomic E-state index is -0.685. The second-order valence-electron chi connectivity index (χ2n) is 8.14. The number of hydrogen-bond donors (Lipinski definition) is 2. The van der Waals surface area contributed by atoms with Crippen molar-refractivity contribution in [2.45, 2.75) is 19.4 Å². The van der Waals surface area contributed by atoms with Crippen LogP contribution in [0.4, 0.5) is 20.2 Å². The molecule has 3 aromatic rings. The van der Waals surface area contributed by atoms with Crippen LogP contribution in [0.5, 0.6) is 0 Å². The first-order valence-corrected chi connectivity index (χ1v) is 11.3. The Morgan fingerprint density at radius 1 is 1.09 bits per heavy atom. The van der Waals surface area contributed by atoms with E-state index in [9.17, 15) is 13.6 Å². The molecule has 0 unspecified atom stereocenters. The second kappa shape index (κ2) is 11.2. The maximum atomic E-state index is 13.3. The maximum absolute atomic E-state index is 13.3. The monoisotopic (exact) mass is 483 g/mol. The first kappa shape index (κ1) is 23.8. The summed E-state index contributed by atoms with van der Waals surface area (Å²) in [7, 11) is 0. The van der Waals surface area contributed by atoms with Crippen LogP contribution < -0.4 is 10.7 Å². The van der Waals surface area contributed by atoms with Gasteiger partial charge >= 0.3 is 0 Å². The highest BCUT2D eigenvalue weighted by atomic mass is 35.5. The van der Waals surface area contributed by atoms with Gasteiger partial charge in [0.1, 0.15) is 17.3 Å². The molecule has 2 heterocycles. The first-order chi connectivity index (χ1) is 16.5. The molecular weight excluding hydrogens is 460 g/mol. The summed E-state index contributed by atoms with van der Waals surface area (Å²) < 4.78 is 26.6. The van der Waals surface area contributed by atoms with Crippen LogP contribution in [-0.2, 0) is 6.54 Å². The van der Waals surface area contributed by atoms with Crippen molar-refractivity contribution in [2.75, 3.05) is 18.4 Å². The maximum Gasteiger partial charge on any atom is 0.289 e. The van der Waals surface area contributed by atoms with E-state index in [1.807, 2.05) is 24.3 Å². The van der Waals surface area contributed by atoms with Crippen LogP contribution in [0.2, 0.25) is 5.02 Å². The van der Waals surface area contributed by atoms with Crippen molar-refractivity contribution in [3.63, 3.8) is 0 Å². The van der Waals surface area contributed by atoms with Gasteiger partial charge in [-0.25, -0.2) is 19.2 Å². The molecule has 1 fully saturated rings. The van der Waals surface area contributed by atoms with E-state index in [-0.39, 0.29) is 17.3 Å². The first-order valence-electron chi connectivity index (χ1n) is 10.9. The number of hydrogen-bond acceptors (Lipinski definition) is 5. The van der Waals surface area contributed by atoms with Crippen LogP contribution in [0.15, 0.2) is 65.9 Å². The summed E-state index contributed by atoms with van der Waals surface area (Å²) in [4.78, 5) is 18.8. The molecule has 0 spiro atoms. The van der Waals surface area contributed by atoms with E-state index in [0.29, 0.717) is 5.69 Å². The van der Waals surface area contributed by atoms with E-state index >= 15 is 0 Å². The van der Waals surface area contributed by atoms with Crippen LogP contribution in [0.1, 0.15) is 28.9 Å². The number of nitrogens with zero attached hydrogens (tertiary/aromatic N) is 3. The molecule has 9 heteroatoms. The molecule has 34 heavy (non-hydrogen) atoms. The van der Waals surface area contributed by atoms with Crippen molar-refractivity contribution >= 4 is 35.1 Å². The third kappa shape index (κ3) is 6.59. The summed E-state index contributed by atoms with van der Waals surface area (Å²) in [6.07, 6.45) is 5.08. The molecule has 4 rings (SSSR count). The Labute approximate surface area is 201 Å². The Bertz CT molecular complexity index is 1140. The third-order valence-corrected chi connectivity index (χ3v) is 5.95. The van der Waals surface area contributed by atoms with Gasteiger partial charge in [0.2, 0.25) is 0 Å². The number of piperidine rings is 1. The minimum Gasteiger partial charge on any atom is -0.354 e. The summed E-state index contributed by atoms with van der Waals surface area (Å²) in [6.45, 7) is 2.69. The molecule has 0 aliphatic carbocycles. The van der Waals surface area contributed by atoms with Gasteiger partial charge in [0.15, 0.2) is 0 Å². The molecule has 2 aromatic carbocycles. The Kier molecular flexibility index (Phi) is 7.82. The van der Waals surface area contributed by atoms with Crippen LogP contribution in [0.3, 0.4) is 0 Å². The molecule has 0 atom stereocenters. The quantitative estimate of drug-likeness (QED) is 0.349. The lowest BCUT2D eigenvalue weighted by atomic mass is 9.98. The number of nitrogens with one attached hydrogen (secondary N) is 2. The van der Waals surface area contributed by atoms with Gasteiger partial charge in [-0.1, -0.05) is 29.8 Å². The molecule has 6 nitrogen and oxygen atoms in total. The van der Waals surface area contributed by atoms with E-state index in [0.717, 1.165) is 49.1 Å². The van der Waals surface area contributed by atoms with Crippen LogP contribution in [0.25, 0.3) is 0 Å². The highest BCUT2D eigenvalue weighted by Gasteiger charge is 2.18. The number of pyridine rings is 1. The Morgan fingerprint density at radius 3 is 2.50 bits per heavy atom. The summed E-state index contributed by atoms with van der Waals surface area (Å²) in [5.74, 6) is -1.52. The highest BCUT2D eigenvalue weighted by molar-refractivity contribution is 6.31. The summed E-state index contributed by atoms with van der Waals surface area (Å²) in [5, 5.41) is 7.73. The lowest BCUT2D eigenvalue weighted by molar-refractivity contribution is 0.0950. The van der Waals surface area contributed by atoms with Crippen LogP contribution in [-0.4, -0.2) is 35.1 Å². The van der Waals surface area contributed by atoms with Crippen molar-refractivity contribution in [3.05, 3.63) is 88.7 Å². The topological polar surface area (TPSA) is 69.6 Å². The number of anilines is 2. The van der Waals surface area contributed by atoms with Crippen molar-refractivity contribution in [2.24, 2.45) is 11.0 Å². The lowest BCUT2D eigenvalue weighted by Gasteiger charge is -2.30. The van der Waals surface area contributed by atoms with Crippen molar-refractivity contribution in [1.82, 2.24) is 15.3 Å². The molecule has 1 amide bonds. The fourth-order valence-corrected chi connectivity index (χ4v) is 3.98. The fraction of sp³-hybridized carbons (Fsp3) is 0.240. The number of benzene rings is 2. The minimum absolute atomic E-state index is 0.183. The van der Waals surface area contributed by atoms with E-state index in [1.54, 1.807) is 12.3 Å². The molecule has 1 aliphatic heterocycles. The molecule has 2 N–H and O–H groups in total. The molecule has 1 saturated heterocycles. The number of carbonyl (C=O) groups is 1. The standard InChI is InChI=1S/C25H24ClF2N5O/c26-23-4-2-1-3-18(23)16-33-9-7-17(8-10-33)14-30-32-25(34)24-6-5-21(15-29-24)31-22-12-19(27)11-20(28)13-22/h1-6,11-15,17,31H,7-10,16H2,(H,32,34). The van der Waals surface area contributed by atoms with Crippen LogP contribution >= 0.6 is 11.6 Å². The Balaban J connectivity index is 1.23. The summed E-state index contributed by atoms with van der Waals surface area (Å²) in [5.41, 5.74) is 4.56. The number of halogens is 3. The fourth-order valence-electron chi connectivity index (χ4n) is 3.78.